The quantitative estimate of drug-likeness (QED) is 0.646. The number of sulfone groups is 1. The SMILES string of the molecule is CCc1ccc(S(=O)(=O)c2cnc3ccc(OC)cc3c2N2CCCC2)cc1. The number of methoxy groups -OCH3 is 1. The van der Waals surface area contributed by atoms with E-state index < -0.39 is 9.84 Å². The summed E-state index contributed by atoms with van der Waals surface area (Å²) in [6, 6.07) is 12.7. The Morgan fingerprint density at radius 1 is 1.07 bits per heavy atom. The highest BCUT2D eigenvalue weighted by Crippen LogP contribution is 2.38. The number of fused-ring (bicyclic) bond motifs is 1. The number of anilines is 1. The van der Waals surface area contributed by atoms with Crippen LogP contribution in [-0.2, 0) is 16.3 Å². The van der Waals surface area contributed by atoms with E-state index in [4.69, 9.17) is 4.74 Å². The first-order valence-electron chi connectivity index (χ1n) is 9.60. The molecule has 1 aliphatic heterocycles. The highest BCUT2D eigenvalue weighted by atomic mass is 32.2. The molecule has 28 heavy (non-hydrogen) atoms. The Kier molecular flexibility index (Phi) is 4.98. The van der Waals surface area contributed by atoms with Gasteiger partial charge in [-0.25, -0.2) is 8.42 Å². The predicted octanol–water partition coefficient (Wildman–Crippen LogP) is 4.24. The molecule has 1 aromatic heterocycles. The van der Waals surface area contributed by atoms with E-state index in [1.54, 1.807) is 19.2 Å². The molecule has 4 rings (SSSR count). The number of aromatic nitrogens is 1. The van der Waals surface area contributed by atoms with E-state index in [0.29, 0.717) is 10.6 Å². The van der Waals surface area contributed by atoms with Crippen LogP contribution >= 0.6 is 0 Å². The third kappa shape index (κ3) is 3.22. The summed E-state index contributed by atoms with van der Waals surface area (Å²) >= 11 is 0. The molecule has 3 aromatic rings. The van der Waals surface area contributed by atoms with Crippen molar-refractivity contribution in [2.75, 3.05) is 25.1 Å². The van der Waals surface area contributed by atoms with Gasteiger partial charge in [0, 0.05) is 24.7 Å². The Morgan fingerprint density at radius 2 is 1.79 bits per heavy atom. The normalized spacial score (nSPS) is 14.6. The highest BCUT2D eigenvalue weighted by molar-refractivity contribution is 7.91. The second-order valence-corrected chi connectivity index (χ2v) is 8.97. The molecule has 2 aromatic carbocycles. The topological polar surface area (TPSA) is 59.5 Å². The summed E-state index contributed by atoms with van der Waals surface area (Å²) in [6.07, 6.45) is 4.49. The lowest BCUT2D eigenvalue weighted by molar-refractivity contribution is 0.415. The minimum absolute atomic E-state index is 0.263. The molecule has 2 heterocycles. The Morgan fingerprint density at radius 3 is 2.43 bits per heavy atom. The molecule has 0 saturated carbocycles. The molecule has 1 aliphatic rings. The van der Waals surface area contributed by atoms with Crippen molar-refractivity contribution in [3.8, 4) is 5.75 Å². The van der Waals surface area contributed by atoms with Crippen LogP contribution in [0.15, 0.2) is 58.5 Å². The van der Waals surface area contributed by atoms with E-state index in [-0.39, 0.29) is 4.90 Å². The molecule has 0 atom stereocenters. The first-order valence-corrected chi connectivity index (χ1v) is 11.1. The first kappa shape index (κ1) is 18.7. The second kappa shape index (κ2) is 7.43. The lowest BCUT2D eigenvalue weighted by Crippen LogP contribution is -2.21. The number of rotatable bonds is 5. The number of hydrogen-bond acceptors (Lipinski definition) is 5. The van der Waals surface area contributed by atoms with E-state index >= 15 is 0 Å². The number of benzene rings is 2. The largest absolute Gasteiger partial charge is 0.497 e. The molecule has 1 fully saturated rings. The summed E-state index contributed by atoms with van der Waals surface area (Å²) in [5.74, 6) is 0.691. The average Bonchev–Trinajstić information content (AvgIpc) is 3.26. The number of pyridine rings is 1. The molecule has 0 aliphatic carbocycles. The van der Waals surface area contributed by atoms with Crippen LogP contribution in [0.3, 0.4) is 0 Å². The van der Waals surface area contributed by atoms with E-state index in [9.17, 15) is 8.42 Å². The molecule has 0 amide bonds. The fourth-order valence-electron chi connectivity index (χ4n) is 3.76. The first-order chi connectivity index (χ1) is 13.5. The maximum atomic E-state index is 13.5. The minimum Gasteiger partial charge on any atom is -0.497 e. The molecule has 5 nitrogen and oxygen atoms in total. The van der Waals surface area contributed by atoms with E-state index in [1.807, 2.05) is 30.3 Å². The number of ether oxygens (including phenoxy) is 1. The van der Waals surface area contributed by atoms with Gasteiger partial charge in [-0.2, -0.15) is 0 Å². The Hall–Kier alpha value is -2.60. The van der Waals surface area contributed by atoms with Crippen molar-refractivity contribution < 1.29 is 13.2 Å². The van der Waals surface area contributed by atoms with Crippen molar-refractivity contribution in [1.29, 1.82) is 0 Å². The summed E-state index contributed by atoms with van der Waals surface area (Å²) in [5.41, 5.74) is 2.61. The zero-order valence-corrected chi connectivity index (χ0v) is 17.0. The molecule has 6 heteroatoms. The Bertz CT molecular complexity index is 1100. The lowest BCUT2D eigenvalue weighted by atomic mass is 10.1. The molecule has 0 radical (unpaired) electrons. The second-order valence-electron chi connectivity index (χ2n) is 7.05. The van der Waals surface area contributed by atoms with E-state index in [1.165, 1.54) is 6.20 Å². The maximum Gasteiger partial charge on any atom is 0.210 e. The van der Waals surface area contributed by atoms with E-state index in [0.717, 1.165) is 54.5 Å². The fourth-order valence-corrected chi connectivity index (χ4v) is 5.19. The van der Waals surface area contributed by atoms with Crippen molar-refractivity contribution in [3.63, 3.8) is 0 Å². The third-order valence-electron chi connectivity index (χ3n) is 5.37. The monoisotopic (exact) mass is 396 g/mol. The number of aryl methyl sites for hydroxylation is 1. The standard InChI is InChI=1S/C22H24N2O3S/c1-3-16-6-9-18(10-7-16)28(25,26)21-15-23-20-11-8-17(27-2)14-19(20)22(21)24-12-4-5-13-24/h6-11,14-15H,3-5,12-13H2,1-2H3. The van der Waals surface area contributed by atoms with Crippen LogP contribution in [0.5, 0.6) is 5.75 Å². The number of nitrogens with zero attached hydrogens (tertiary/aromatic N) is 2. The molecular formula is C22H24N2O3S. The van der Waals surface area contributed by atoms with Gasteiger partial charge in [0.1, 0.15) is 10.6 Å². The molecule has 1 saturated heterocycles. The molecule has 0 unspecified atom stereocenters. The van der Waals surface area contributed by atoms with Gasteiger partial charge in [-0.1, -0.05) is 19.1 Å². The van der Waals surface area contributed by atoms with Gasteiger partial charge in [0.05, 0.1) is 23.2 Å². The van der Waals surface area contributed by atoms with Gasteiger partial charge in [-0.15, -0.1) is 0 Å². The van der Waals surface area contributed by atoms with Gasteiger partial charge < -0.3 is 9.64 Å². The fraction of sp³-hybridized carbons (Fsp3) is 0.318. The summed E-state index contributed by atoms with van der Waals surface area (Å²) in [7, 11) is -2.08. The van der Waals surface area contributed by atoms with Gasteiger partial charge in [0.2, 0.25) is 9.84 Å². The van der Waals surface area contributed by atoms with Crippen molar-refractivity contribution in [1.82, 2.24) is 4.98 Å². The molecule has 0 bridgehead atoms. The number of hydrogen-bond donors (Lipinski definition) is 0. The molecular weight excluding hydrogens is 372 g/mol. The predicted molar refractivity (Wildman–Crippen MR) is 111 cm³/mol. The maximum absolute atomic E-state index is 13.5. The van der Waals surface area contributed by atoms with E-state index in [2.05, 4.69) is 16.8 Å². The average molecular weight is 397 g/mol. The van der Waals surface area contributed by atoms with Crippen LogP contribution in [0, 0.1) is 0 Å². The van der Waals surface area contributed by atoms with Gasteiger partial charge in [-0.3, -0.25) is 4.98 Å². The van der Waals surface area contributed by atoms with Crippen LogP contribution in [-0.4, -0.2) is 33.6 Å². The van der Waals surface area contributed by atoms with Crippen LogP contribution in [0.4, 0.5) is 5.69 Å². The lowest BCUT2D eigenvalue weighted by Gasteiger charge is -2.23. The van der Waals surface area contributed by atoms with Crippen LogP contribution < -0.4 is 9.64 Å². The molecule has 146 valence electrons. The van der Waals surface area contributed by atoms with Crippen LogP contribution in [0.1, 0.15) is 25.3 Å². The summed E-state index contributed by atoms with van der Waals surface area (Å²) < 4.78 is 32.4. The van der Waals surface area contributed by atoms with Crippen LogP contribution in [0.25, 0.3) is 10.9 Å². The summed E-state index contributed by atoms with van der Waals surface area (Å²) in [5, 5.41) is 0.813. The van der Waals surface area contributed by atoms with Gasteiger partial charge >= 0.3 is 0 Å². The van der Waals surface area contributed by atoms with Crippen molar-refractivity contribution >= 4 is 26.4 Å². The van der Waals surface area contributed by atoms with Gasteiger partial charge in [0.15, 0.2) is 0 Å². The van der Waals surface area contributed by atoms with Gasteiger partial charge in [-0.05, 0) is 55.2 Å². The van der Waals surface area contributed by atoms with Gasteiger partial charge in [0.25, 0.3) is 0 Å². The smallest absolute Gasteiger partial charge is 0.210 e. The molecule has 0 N–H and O–H groups in total. The minimum atomic E-state index is -3.69. The summed E-state index contributed by atoms with van der Waals surface area (Å²) in [4.78, 5) is 7.18. The summed E-state index contributed by atoms with van der Waals surface area (Å²) in [6.45, 7) is 3.73. The zero-order chi connectivity index (χ0) is 19.7. The van der Waals surface area contributed by atoms with Crippen molar-refractivity contribution in [3.05, 3.63) is 54.2 Å². The third-order valence-corrected chi connectivity index (χ3v) is 7.14. The molecule has 0 spiro atoms. The highest BCUT2D eigenvalue weighted by Gasteiger charge is 2.28. The zero-order valence-electron chi connectivity index (χ0n) is 16.2. The van der Waals surface area contributed by atoms with Crippen molar-refractivity contribution in [2.24, 2.45) is 0 Å². The Labute approximate surface area is 165 Å². The Balaban J connectivity index is 1.95. The van der Waals surface area contributed by atoms with Crippen LogP contribution in [0.2, 0.25) is 0 Å². The van der Waals surface area contributed by atoms with Crippen molar-refractivity contribution in [2.45, 2.75) is 36.0 Å².